The van der Waals surface area contributed by atoms with E-state index in [9.17, 15) is 5.11 Å². The molecule has 1 heterocycles. The lowest BCUT2D eigenvalue weighted by molar-refractivity contribution is 0.472. The molecule has 1 aromatic heterocycles. The van der Waals surface area contributed by atoms with Crippen molar-refractivity contribution in [2.75, 3.05) is 0 Å². The number of rotatable bonds is 2. The number of hydrogen-bond donors (Lipinski definition) is 1. The van der Waals surface area contributed by atoms with Crippen LogP contribution in [-0.2, 0) is 0 Å². The lowest BCUT2D eigenvalue weighted by Gasteiger charge is -2.02. The van der Waals surface area contributed by atoms with Gasteiger partial charge in [0.15, 0.2) is 0 Å². The topological polar surface area (TPSA) is 33.1 Å². The summed E-state index contributed by atoms with van der Waals surface area (Å²) in [7, 11) is 0. The van der Waals surface area contributed by atoms with Crippen LogP contribution in [0.5, 0.6) is 5.75 Å². The zero-order valence-electron chi connectivity index (χ0n) is 10.7. The maximum Gasteiger partial charge on any atom is 0.141 e. The molecule has 1 N–H and O–H groups in total. The third-order valence-electron chi connectivity index (χ3n) is 2.97. The van der Waals surface area contributed by atoms with Crippen molar-refractivity contribution in [2.24, 2.45) is 0 Å². The van der Waals surface area contributed by atoms with Crippen molar-refractivity contribution in [1.29, 1.82) is 0 Å². The first-order chi connectivity index (χ1) is 9.33. The second-order valence-electron chi connectivity index (χ2n) is 4.33. The highest BCUT2D eigenvalue weighted by atomic mass is 35.5. The molecule has 0 bridgehead atoms. The van der Waals surface area contributed by atoms with Gasteiger partial charge in [-0.3, -0.25) is 0 Å². The molecular weight excluding hydrogens is 270 g/mol. The number of hydrogen-bond acceptors (Lipinski definition) is 2. The third-order valence-corrected chi connectivity index (χ3v) is 2.97. The zero-order chi connectivity index (χ0) is 13.1. The van der Waals surface area contributed by atoms with Crippen LogP contribution in [0.4, 0.5) is 0 Å². The van der Waals surface area contributed by atoms with Crippen molar-refractivity contribution in [3.63, 3.8) is 0 Å². The number of benzene rings is 2. The van der Waals surface area contributed by atoms with Gasteiger partial charge < -0.3 is 5.11 Å². The standard InChI is InChI=1S/C17H13NO.ClH/c19-17-12-14-8-4-5-9-15(14)18-16(17)11-10-13-6-2-1-3-7-13;/h1-12,19H;1H/b11-10+;. The number of pyridine rings is 1. The molecule has 3 rings (SSSR count). The minimum atomic E-state index is 0. The van der Waals surface area contributed by atoms with E-state index in [2.05, 4.69) is 4.98 Å². The van der Waals surface area contributed by atoms with E-state index in [4.69, 9.17) is 0 Å². The Labute approximate surface area is 123 Å². The Bertz CT molecular complexity index is 738. The van der Waals surface area contributed by atoms with Crippen LogP contribution in [0, 0.1) is 0 Å². The molecule has 0 aliphatic rings. The summed E-state index contributed by atoms with van der Waals surface area (Å²) in [6.45, 7) is 0. The number of halogens is 1. The van der Waals surface area contributed by atoms with Crippen molar-refractivity contribution < 1.29 is 5.11 Å². The SMILES string of the molecule is Cl.Oc1cc2ccccc2nc1/C=C/c1ccccc1. The van der Waals surface area contributed by atoms with Crippen LogP contribution in [0.1, 0.15) is 11.3 Å². The average Bonchev–Trinajstić information content (AvgIpc) is 2.46. The van der Waals surface area contributed by atoms with E-state index in [0.29, 0.717) is 5.69 Å². The first kappa shape index (κ1) is 14.1. The van der Waals surface area contributed by atoms with Gasteiger partial charge in [-0.2, -0.15) is 0 Å². The van der Waals surface area contributed by atoms with Crippen LogP contribution in [0.15, 0.2) is 60.7 Å². The summed E-state index contributed by atoms with van der Waals surface area (Å²) in [6.07, 6.45) is 3.77. The Hall–Kier alpha value is -2.32. The summed E-state index contributed by atoms with van der Waals surface area (Å²) in [4.78, 5) is 4.45. The Morgan fingerprint density at radius 3 is 2.35 bits per heavy atom. The molecule has 0 fully saturated rings. The summed E-state index contributed by atoms with van der Waals surface area (Å²) >= 11 is 0. The van der Waals surface area contributed by atoms with Crippen molar-refractivity contribution in [3.05, 3.63) is 71.9 Å². The van der Waals surface area contributed by atoms with Crippen LogP contribution < -0.4 is 0 Å². The van der Waals surface area contributed by atoms with Gasteiger partial charge in [-0.05, 0) is 23.8 Å². The van der Waals surface area contributed by atoms with Gasteiger partial charge in [-0.1, -0.05) is 54.6 Å². The van der Waals surface area contributed by atoms with Crippen molar-refractivity contribution in [1.82, 2.24) is 4.98 Å². The second-order valence-corrected chi connectivity index (χ2v) is 4.33. The number of nitrogens with zero attached hydrogens (tertiary/aromatic N) is 1. The molecule has 0 spiro atoms. The summed E-state index contributed by atoms with van der Waals surface area (Å²) in [6, 6.07) is 19.4. The summed E-state index contributed by atoms with van der Waals surface area (Å²) < 4.78 is 0. The quantitative estimate of drug-likeness (QED) is 0.749. The molecule has 0 unspecified atom stereocenters. The van der Waals surface area contributed by atoms with E-state index in [-0.39, 0.29) is 18.2 Å². The second kappa shape index (κ2) is 6.22. The lowest BCUT2D eigenvalue weighted by atomic mass is 10.1. The van der Waals surface area contributed by atoms with Gasteiger partial charge in [0.2, 0.25) is 0 Å². The van der Waals surface area contributed by atoms with E-state index in [0.717, 1.165) is 16.5 Å². The van der Waals surface area contributed by atoms with Gasteiger partial charge in [0.25, 0.3) is 0 Å². The molecule has 0 atom stereocenters. The molecule has 0 radical (unpaired) electrons. The zero-order valence-corrected chi connectivity index (χ0v) is 11.5. The molecule has 0 saturated carbocycles. The predicted molar refractivity (Wildman–Crippen MR) is 86.0 cm³/mol. The van der Waals surface area contributed by atoms with Gasteiger partial charge in [0.05, 0.1) is 5.52 Å². The predicted octanol–water partition coefficient (Wildman–Crippen LogP) is 4.53. The molecule has 3 aromatic rings. The average molecular weight is 284 g/mol. The van der Waals surface area contributed by atoms with Crippen LogP contribution in [0.3, 0.4) is 0 Å². The highest BCUT2D eigenvalue weighted by Gasteiger charge is 2.02. The Morgan fingerprint density at radius 1 is 0.850 bits per heavy atom. The normalized spacial score (nSPS) is 10.6. The van der Waals surface area contributed by atoms with Gasteiger partial charge in [-0.15, -0.1) is 12.4 Å². The summed E-state index contributed by atoms with van der Waals surface area (Å²) in [5.74, 6) is 0.200. The van der Waals surface area contributed by atoms with Crippen molar-refractivity contribution >= 4 is 35.5 Å². The fourth-order valence-corrected chi connectivity index (χ4v) is 1.98. The molecule has 0 aliphatic carbocycles. The first-order valence-corrected chi connectivity index (χ1v) is 6.15. The highest BCUT2D eigenvalue weighted by Crippen LogP contribution is 2.23. The fraction of sp³-hybridized carbons (Fsp3) is 0. The van der Waals surface area contributed by atoms with E-state index < -0.39 is 0 Å². The van der Waals surface area contributed by atoms with E-state index >= 15 is 0 Å². The van der Waals surface area contributed by atoms with E-state index in [1.54, 1.807) is 6.07 Å². The maximum absolute atomic E-state index is 9.97. The molecule has 100 valence electrons. The minimum absolute atomic E-state index is 0. The van der Waals surface area contributed by atoms with E-state index in [1.165, 1.54) is 0 Å². The molecule has 0 aliphatic heterocycles. The first-order valence-electron chi connectivity index (χ1n) is 6.15. The number of aromatic nitrogens is 1. The smallest absolute Gasteiger partial charge is 0.141 e. The molecular formula is C17H14ClNO. The van der Waals surface area contributed by atoms with Gasteiger partial charge in [0, 0.05) is 5.39 Å². The third kappa shape index (κ3) is 2.98. The van der Waals surface area contributed by atoms with Crippen LogP contribution >= 0.6 is 12.4 Å². The fourth-order valence-electron chi connectivity index (χ4n) is 1.98. The monoisotopic (exact) mass is 283 g/mol. The van der Waals surface area contributed by atoms with Crippen molar-refractivity contribution in [3.8, 4) is 5.75 Å². The minimum Gasteiger partial charge on any atom is -0.506 e. The van der Waals surface area contributed by atoms with Gasteiger partial charge in [-0.25, -0.2) is 4.98 Å². The number of fused-ring (bicyclic) bond motifs is 1. The Balaban J connectivity index is 0.00000147. The molecule has 2 nitrogen and oxygen atoms in total. The molecule has 0 amide bonds. The molecule has 20 heavy (non-hydrogen) atoms. The summed E-state index contributed by atoms with van der Waals surface area (Å²) in [5.41, 5.74) is 2.55. The van der Waals surface area contributed by atoms with Gasteiger partial charge in [0.1, 0.15) is 11.4 Å². The van der Waals surface area contributed by atoms with Gasteiger partial charge >= 0.3 is 0 Å². The largest absolute Gasteiger partial charge is 0.506 e. The van der Waals surface area contributed by atoms with Crippen molar-refractivity contribution in [2.45, 2.75) is 0 Å². The molecule has 3 heteroatoms. The maximum atomic E-state index is 9.97. The van der Waals surface area contributed by atoms with Crippen LogP contribution in [0.25, 0.3) is 23.1 Å². The number of para-hydroxylation sites is 1. The Morgan fingerprint density at radius 2 is 1.55 bits per heavy atom. The molecule has 0 saturated heterocycles. The van der Waals surface area contributed by atoms with E-state index in [1.807, 2.05) is 66.7 Å². The van der Waals surface area contributed by atoms with Crippen LogP contribution in [0.2, 0.25) is 0 Å². The lowest BCUT2D eigenvalue weighted by Crippen LogP contribution is -1.84. The summed E-state index contributed by atoms with van der Waals surface area (Å²) in [5, 5.41) is 10.9. The Kier molecular flexibility index (Phi) is 4.38. The number of aromatic hydroxyl groups is 1. The van der Waals surface area contributed by atoms with Crippen LogP contribution in [-0.4, -0.2) is 10.1 Å². The molecule has 2 aromatic carbocycles. The highest BCUT2D eigenvalue weighted by molar-refractivity contribution is 5.85.